The lowest BCUT2D eigenvalue weighted by molar-refractivity contribution is 0.327. The van der Waals surface area contributed by atoms with Crippen LogP contribution in [0.1, 0.15) is 19.8 Å². The van der Waals surface area contributed by atoms with Crippen molar-refractivity contribution in [3.05, 3.63) is 30.3 Å². The Labute approximate surface area is 86.1 Å². The Morgan fingerprint density at radius 1 is 1.31 bits per heavy atom. The van der Waals surface area contributed by atoms with Crippen LogP contribution in [0.15, 0.2) is 30.3 Å². The zero-order valence-corrected chi connectivity index (χ0v) is 9.55. The summed E-state index contributed by atoms with van der Waals surface area (Å²) in [5.74, 6) is 0. The fourth-order valence-corrected chi connectivity index (χ4v) is 2.51. The summed E-state index contributed by atoms with van der Waals surface area (Å²) in [6.07, 6.45) is 2.24. The number of rotatable bonds is 5. The average molecular weight is 214 g/mol. The molecule has 0 bridgehead atoms. The van der Waals surface area contributed by atoms with E-state index in [1.54, 1.807) is 0 Å². The lowest BCUT2D eigenvalue weighted by Crippen LogP contribution is -2.27. The molecule has 0 aromatic heterocycles. The van der Waals surface area contributed by atoms with Crippen LogP contribution in [0.25, 0.3) is 0 Å². The van der Waals surface area contributed by atoms with E-state index in [4.69, 9.17) is 15.5 Å². The van der Waals surface area contributed by atoms with E-state index in [-0.39, 0.29) is 0 Å². The van der Waals surface area contributed by atoms with E-state index in [0.717, 1.165) is 24.6 Å². The second-order valence-electron chi connectivity index (χ2n) is 2.84. The van der Waals surface area contributed by atoms with Crippen LogP contribution >= 0.6 is 11.1 Å². The molecule has 0 atom stereocenters. The molecule has 3 heteroatoms. The number of unbranched alkanes of at least 4 members (excludes halogenated alkanes) is 1. The number of hydrogen-bond acceptors (Lipinski definition) is 1. The summed E-state index contributed by atoms with van der Waals surface area (Å²) in [4.78, 5) is 0. The first-order chi connectivity index (χ1) is 6.34. The molecule has 0 aliphatic carbocycles. The molecule has 1 radical (unpaired) electrons. The van der Waals surface area contributed by atoms with Crippen LogP contribution in [0.5, 0.6) is 0 Å². The summed E-state index contributed by atoms with van der Waals surface area (Å²) >= 11 is 6.12. The van der Waals surface area contributed by atoms with Gasteiger partial charge in [-0.15, -0.1) is 11.1 Å². The van der Waals surface area contributed by atoms with Gasteiger partial charge in [-0.2, -0.15) is 0 Å². The Bertz CT molecular complexity index is 228. The van der Waals surface area contributed by atoms with E-state index >= 15 is 0 Å². The van der Waals surface area contributed by atoms with Crippen molar-refractivity contribution >= 4 is 24.6 Å². The van der Waals surface area contributed by atoms with Crippen LogP contribution in [0.3, 0.4) is 0 Å². The average Bonchev–Trinajstić information content (AvgIpc) is 2.19. The van der Waals surface area contributed by atoms with Crippen molar-refractivity contribution in [2.45, 2.75) is 19.8 Å². The summed E-state index contributed by atoms with van der Waals surface area (Å²) in [7, 11) is -1.27. The van der Waals surface area contributed by atoms with Crippen molar-refractivity contribution < 1.29 is 4.43 Å². The smallest absolute Gasteiger partial charge is 0.359 e. The Morgan fingerprint density at radius 2 is 2.00 bits per heavy atom. The van der Waals surface area contributed by atoms with Crippen LogP contribution in [0, 0.1) is 0 Å². The summed E-state index contributed by atoms with van der Waals surface area (Å²) in [5, 5.41) is 1.13. The summed E-state index contributed by atoms with van der Waals surface area (Å²) in [6.45, 7) is 2.93. The maximum absolute atomic E-state index is 6.12. The predicted octanol–water partition coefficient (Wildman–Crippen LogP) is 2.44. The highest BCUT2D eigenvalue weighted by molar-refractivity contribution is 7.10. The zero-order chi connectivity index (χ0) is 9.52. The first kappa shape index (κ1) is 10.8. The van der Waals surface area contributed by atoms with Crippen molar-refractivity contribution in [1.29, 1.82) is 0 Å². The third-order valence-electron chi connectivity index (χ3n) is 1.73. The van der Waals surface area contributed by atoms with Crippen molar-refractivity contribution in [2.75, 3.05) is 6.61 Å². The van der Waals surface area contributed by atoms with Crippen LogP contribution in [-0.4, -0.2) is 15.0 Å². The Kier molecular flexibility index (Phi) is 5.12. The zero-order valence-electron chi connectivity index (χ0n) is 7.79. The lowest BCUT2D eigenvalue weighted by Gasteiger charge is -2.07. The Morgan fingerprint density at radius 3 is 2.62 bits per heavy atom. The van der Waals surface area contributed by atoms with Gasteiger partial charge in [0.25, 0.3) is 0 Å². The molecule has 0 aliphatic rings. The standard InChI is InChI=1S/C10H14ClOSi/c1-2-3-9-12-13(11)10-7-5-4-6-8-10/h4-8H,2-3,9H2,1H3. The highest BCUT2D eigenvalue weighted by Gasteiger charge is 2.11. The molecule has 13 heavy (non-hydrogen) atoms. The molecule has 0 aliphatic heterocycles. The second kappa shape index (κ2) is 6.19. The minimum absolute atomic E-state index is 0.781. The number of benzene rings is 1. The van der Waals surface area contributed by atoms with Gasteiger partial charge in [0.15, 0.2) is 0 Å². The van der Waals surface area contributed by atoms with Gasteiger partial charge in [-0.05, 0) is 11.6 Å². The monoisotopic (exact) mass is 213 g/mol. The van der Waals surface area contributed by atoms with Gasteiger partial charge in [0.2, 0.25) is 0 Å². The maximum atomic E-state index is 6.12. The Balaban J connectivity index is 2.35. The third-order valence-corrected chi connectivity index (χ3v) is 3.95. The fourth-order valence-electron chi connectivity index (χ4n) is 0.959. The van der Waals surface area contributed by atoms with Gasteiger partial charge in [0.1, 0.15) is 0 Å². The summed E-state index contributed by atoms with van der Waals surface area (Å²) in [5.41, 5.74) is 0. The molecule has 71 valence electrons. The van der Waals surface area contributed by atoms with Gasteiger partial charge in [0, 0.05) is 6.61 Å². The second-order valence-corrected chi connectivity index (χ2v) is 5.29. The Hall–Kier alpha value is -0.313. The van der Waals surface area contributed by atoms with Gasteiger partial charge in [-0.25, -0.2) is 0 Å². The quantitative estimate of drug-likeness (QED) is 0.415. The molecular formula is C10H14ClOSi. The van der Waals surface area contributed by atoms with Gasteiger partial charge >= 0.3 is 8.35 Å². The summed E-state index contributed by atoms with van der Waals surface area (Å²) in [6, 6.07) is 10.0. The van der Waals surface area contributed by atoms with Crippen LogP contribution in [0.4, 0.5) is 0 Å². The molecular weight excluding hydrogens is 200 g/mol. The van der Waals surface area contributed by atoms with Crippen molar-refractivity contribution in [3.63, 3.8) is 0 Å². The fraction of sp³-hybridized carbons (Fsp3) is 0.400. The molecule has 0 saturated carbocycles. The molecule has 1 nitrogen and oxygen atoms in total. The van der Waals surface area contributed by atoms with Gasteiger partial charge in [0.05, 0.1) is 0 Å². The largest absolute Gasteiger partial charge is 0.400 e. The third kappa shape index (κ3) is 3.94. The van der Waals surface area contributed by atoms with Crippen molar-refractivity contribution in [1.82, 2.24) is 0 Å². The molecule has 0 saturated heterocycles. The van der Waals surface area contributed by atoms with E-state index in [0.29, 0.717) is 0 Å². The van der Waals surface area contributed by atoms with Gasteiger partial charge in [-0.3, -0.25) is 0 Å². The SMILES string of the molecule is CCCCO[Si](Cl)c1ccccc1. The minimum atomic E-state index is -1.27. The molecule has 0 fully saturated rings. The van der Waals surface area contributed by atoms with E-state index in [2.05, 4.69) is 6.92 Å². The van der Waals surface area contributed by atoms with E-state index < -0.39 is 8.35 Å². The topological polar surface area (TPSA) is 9.23 Å². The first-order valence-corrected chi connectivity index (χ1v) is 6.97. The molecule has 0 heterocycles. The van der Waals surface area contributed by atoms with E-state index in [9.17, 15) is 0 Å². The van der Waals surface area contributed by atoms with Crippen LogP contribution in [-0.2, 0) is 4.43 Å². The first-order valence-electron chi connectivity index (χ1n) is 4.55. The van der Waals surface area contributed by atoms with Crippen LogP contribution in [0.2, 0.25) is 0 Å². The van der Waals surface area contributed by atoms with Gasteiger partial charge in [-0.1, -0.05) is 43.7 Å². The minimum Gasteiger partial charge on any atom is -0.400 e. The molecule has 1 aromatic rings. The highest BCUT2D eigenvalue weighted by atomic mass is 35.6. The number of halogens is 1. The molecule has 0 unspecified atom stereocenters. The molecule has 1 aromatic carbocycles. The highest BCUT2D eigenvalue weighted by Crippen LogP contribution is 1.97. The van der Waals surface area contributed by atoms with E-state index in [1.165, 1.54) is 0 Å². The van der Waals surface area contributed by atoms with E-state index in [1.807, 2.05) is 30.3 Å². The lowest BCUT2D eigenvalue weighted by atomic mass is 10.4. The summed E-state index contributed by atoms with van der Waals surface area (Å²) < 4.78 is 5.54. The van der Waals surface area contributed by atoms with Crippen LogP contribution < -0.4 is 5.19 Å². The molecule has 1 rings (SSSR count). The molecule has 0 amide bonds. The van der Waals surface area contributed by atoms with Crippen molar-refractivity contribution in [3.8, 4) is 0 Å². The normalized spacial score (nSPS) is 10.7. The molecule has 0 N–H and O–H groups in total. The predicted molar refractivity (Wildman–Crippen MR) is 58.5 cm³/mol. The van der Waals surface area contributed by atoms with Gasteiger partial charge < -0.3 is 4.43 Å². The van der Waals surface area contributed by atoms with Crippen molar-refractivity contribution in [2.24, 2.45) is 0 Å². The molecule has 0 spiro atoms. The number of hydrogen-bond donors (Lipinski definition) is 0. The maximum Gasteiger partial charge on any atom is 0.359 e.